The van der Waals surface area contributed by atoms with Crippen molar-refractivity contribution in [3.05, 3.63) is 17.0 Å². The maximum atomic E-state index is 12.3. The van der Waals surface area contributed by atoms with E-state index >= 15 is 0 Å². The summed E-state index contributed by atoms with van der Waals surface area (Å²) in [7, 11) is 0. The van der Waals surface area contributed by atoms with Crippen molar-refractivity contribution in [3.63, 3.8) is 0 Å². The van der Waals surface area contributed by atoms with Crippen LogP contribution >= 0.6 is 0 Å². The van der Waals surface area contributed by atoms with Crippen molar-refractivity contribution in [1.29, 1.82) is 0 Å². The molecule has 0 radical (unpaired) electrons. The molecule has 1 saturated carbocycles. The number of rotatable bonds is 6. The number of piperazine rings is 1. The maximum Gasteiger partial charge on any atom is 0.408 e. The van der Waals surface area contributed by atoms with Crippen LogP contribution in [-0.2, 0) is 23.2 Å². The Kier molecular flexibility index (Phi) is 5.44. The molecule has 1 aromatic heterocycles. The molecule has 4 aliphatic heterocycles. The molecule has 5 aliphatic rings. The lowest BCUT2D eigenvalue weighted by molar-refractivity contribution is 0.0230. The van der Waals surface area contributed by atoms with Crippen LogP contribution < -0.4 is 15.4 Å². The molecule has 0 spiro atoms. The van der Waals surface area contributed by atoms with Crippen LogP contribution in [0.2, 0.25) is 0 Å². The molecule has 2 bridgehead atoms. The van der Waals surface area contributed by atoms with Gasteiger partial charge in [-0.25, -0.2) is 4.79 Å². The number of hydrogen-bond donors (Lipinski definition) is 3. The van der Waals surface area contributed by atoms with Gasteiger partial charge in [-0.15, -0.1) is 0 Å². The van der Waals surface area contributed by atoms with Gasteiger partial charge in [-0.3, -0.25) is 9.80 Å². The van der Waals surface area contributed by atoms with Gasteiger partial charge in [0, 0.05) is 56.3 Å². The number of carbonyl (C=O) groups is 1. The van der Waals surface area contributed by atoms with Crippen LogP contribution in [0.15, 0.2) is 0 Å². The number of hydrogen-bond acceptors (Lipinski definition) is 8. The number of aromatic nitrogens is 2. The average molecular weight is 459 g/mol. The van der Waals surface area contributed by atoms with E-state index in [1.807, 2.05) is 0 Å². The molecule has 6 rings (SSSR count). The summed E-state index contributed by atoms with van der Waals surface area (Å²) in [5, 5.41) is 17.0. The first-order valence-electron chi connectivity index (χ1n) is 12.4. The highest BCUT2D eigenvalue weighted by Gasteiger charge is 2.55. The topological polar surface area (TPSA) is 112 Å². The molecule has 3 N–H and O–H groups in total. The number of carboxylic acid groups (broad SMARTS) is 1. The highest BCUT2D eigenvalue weighted by molar-refractivity contribution is 5.68. The molecule has 1 amide bonds. The number of nitrogens with one attached hydrogen (secondary N) is 2. The summed E-state index contributed by atoms with van der Waals surface area (Å²) in [5.74, 6) is 0. The van der Waals surface area contributed by atoms with Gasteiger partial charge in [0.05, 0.1) is 31.2 Å². The monoisotopic (exact) mass is 458 g/mol. The predicted molar refractivity (Wildman–Crippen MR) is 119 cm³/mol. The molecule has 3 saturated heterocycles. The zero-order valence-corrected chi connectivity index (χ0v) is 19.1. The third-order valence-corrected chi connectivity index (χ3v) is 8.21. The van der Waals surface area contributed by atoms with Gasteiger partial charge in [-0.2, -0.15) is 9.97 Å². The van der Waals surface area contributed by atoms with Crippen LogP contribution in [0.1, 0.15) is 42.6 Å². The van der Waals surface area contributed by atoms with E-state index in [9.17, 15) is 9.90 Å². The zero-order chi connectivity index (χ0) is 22.5. The number of fused-ring (bicyclic) bond motifs is 3. The van der Waals surface area contributed by atoms with Gasteiger partial charge in [0.15, 0.2) is 0 Å². The molecule has 1 aliphatic carbocycles. The standard InChI is InChI=1S/C23H34N6O4/c30-21(31)29-16-1-3-23(29,13-25-11-16)19-17-2-6-24-12-18(17)26-20(27-19)33-15-22(4-5-22)14-28-7-9-32-10-8-28/h16,24-25H,1-15H2,(H,30,31). The highest BCUT2D eigenvalue weighted by atomic mass is 16.5. The fourth-order valence-electron chi connectivity index (χ4n) is 6.23. The van der Waals surface area contributed by atoms with Crippen LogP contribution in [0.5, 0.6) is 6.01 Å². The van der Waals surface area contributed by atoms with Crippen molar-refractivity contribution >= 4 is 6.09 Å². The lowest BCUT2D eigenvalue weighted by Gasteiger charge is -2.44. The van der Waals surface area contributed by atoms with E-state index in [0.717, 1.165) is 88.4 Å². The van der Waals surface area contributed by atoms with Crippen molar-refractivity contribution < 1.29 is 19.4 Å². The number of ether oxygens (including phenoxy) is 2. The van der Waals surface area contributed by atoms with E-state index in [-0.39, 0.29) is 11.5 Å². The number of amides is 1. The minimum absolute atomic E-state index is 0.00351. The molecule has 4 fully saturated rings. The van der Waals surface area contributed by atoms with E-state index in [4.69, 9.17) is 19.4 Å². The molecule has 2 unspecified atom stereocenters. The summed E-state index contributed by atoms with van der Waals surface area (Å²) in [5.41, 5.74) is 2.45. The van der Waals surface area contributed by atoms with Crippen LogP contribution in [0.4, 0.5) is 4.79 Å². The van der Waals surface area contributed by atoms with Crippen LogP contribution in [0.25, 0.3) is 0 Å². The second kappa shape index (κ2) is 8.33. The van der Waals surface area contributed by atoms with Gasteiger partial charge in [0.25, 0.3) is 0 Å². The number of nitrogens with zero attached hydrogens (tertiary/aromatic N) is 4. The van der Waals surface area contributed by atoms with E-state index < -0.39 is 11.6 Å². The Morgan fingerprint density at radius 2 is 2.06 bits per heavy atom. The fourth-order valence-corrected chi connectivity index (χ4v) is 6.23. The molecule has 10 heteroatoms. The highest BCUT2D eigenvalue weighted by Crippen LogP contribution is 2.48. The quantitative estimate of drug-likeness (QED) is 0.563. The molecule has 0 aromatic carbocycles. The molecule has 10 nitrogen and oxygen atoms in total. The second-order valence-electron chi connectivity index (χ2n) is 10.4. The molecule has 1 aromatic rings. The van der Waals surface area contributed by atoms with Gasteiger partial charge in [0.2, 0.25) is 0 Å². The van der Waals surface area contributed by atoms with E-state index in [1.165, 1.54) is 0 Å². The van der Waals surface area contributed by atoms with Crippen molar-refractivity contribution in [1.82, 2.24) is 30.4 Å². The summed E-state index contributed by atoms with van der Waals surface area (Å²) >= 11 is 0. The Morgan fingerprint density at radius 3 is 2.85 bits per heavy atom. The SMILES string of the molecule is O=C(O)N1C2CCC1(c1nc(OCC3(CN4CCOCC4)CC3)nc3c1CCNC3)CNC2. The average Bonchev–Trinajstić information content (AvgIpc) is 3.55. The summed E-state index contributed by atoms with van der Waals surface area (Å²) in [6.45, 7) is 8.01. The number of morpholine rings is 1. The molecular formula is C23H34N6O4. The van der Waals surface area contributed by atoms with Crippen molar-refractivity contribution in [3.8, 4) is 6.01 Å². The second-order valence-corrected chi connectivity index (χ2v) is 10.4. The molecule has 5 heterocycles. The molecule has 2 atom stereocenters. The normalized spacial score (nSPS) is 30.7. The minimum Gasteiger partial charge on any atom is -0.465 e. The van der Waals surface area contributed by atoms with Crippen molar-refractivity contribution in [2.24, 2.45) is 5.41 Å². The molecular weight excluding hydrogens is 424 g/mol. The Bertz CT molecular complexity index is 914. The van der Waals surface area contributed by atoms with Gasteiger partial charge >= 0.3 is 12.1 Å². The van der Waals surface area contributed by atoms with E-state index in [2.05, 4.69) is 15.5 Å². The Balaban J connectivity index is 1.28. The van der Waals surface area contributed by atoms with Crippen LogP contribution in [0, 0.1) is 5.41 Å². The van der Waals surface area contributed by atoms with E-state index in [0.29, 0.717) is 32.3 Å². The Hall–Kier alpha value is -2.01. The lowest BCUT2D eigenvalue weighted by atomic mass is 9.85. The Morgan fingerprint density at radius 1 is 1.21 bits per heavy atom. The predicted octanol–water partition coefficient (Wildman–Crippen LogP) is 0.554. The molecule has 180 valence electrons. The van der Waals surface area contributed by atoms with Crippen molar-refractivity contribution in [2.75, 3.05) is 59.1 Å². The first kappa shape index (κ1) is 21.5. The summed E-state index contributed by atoms with van der Waals surface area (Å²) in [6.07, 6.45) is 3.91. The summed E-state index contributed by atoms with van der Waals surface area (Å²) < 4.78 is 11.8. The molecule has 33 heavy (non-hydrogen) atoms. The van der Waals surface area contributed by atoms with Crippen LogP contribution in [-0.4, -0.2) is 96.1 Å². The van der Waals surface area contributed by atoms with Gasteiger partial charge < -0.3 is 25.2 Å². The van der Waals surface area contributed by atoms with E-state index in [1.54, 1.807) is 4.90 Å². The third-order valence-electron chi connectivity index (χ3n) is 8.21. The van der Waals surface area contributed by atoms with Crippen LogP contribution in [0.3, 0.4) is 0 Å². The first-order valence-corrected chi connectivity index (χ1v) is 12.4. The fraction of sp³-hybridized carbons (Fsp3) is 0.783. The lowest BCUT2D eigenvalue weighted by Crippen LogP contribution is -2.60. The zero-order valence-electron chi connectivity index (χ0n) is 19.1. The first-order chi connectivity index (χ1) is 16.1. The summed E-state index contributed by atoms with van der Waals surface area (Å²) in [4.78, 5) is 26.2. The summed E-state index contributed by atoms with van der Waals surface area (Å²) in [6, 6.07) is 0.394. The Labute approximate surface area is 194 Å². The smallest absolute Gasteiger partial charge is 0.408 e. The van der Waals surface area contributed by atoms with Crippen molar-refractivity contribution in [2.45, 2.75) is 50.2 Å². The van der Waals surface area contributed by atoms with Gasteiger partial charge in [-0.1, -0.05) is 0 Å². The van der Waals surface area contributed by atoms with Gasteiger partial charge in [0.1, 0.15) is 5.54 Å². The largest absolute Gasteiger partial charge is 0.465 e. The minimum atomic E-state index is -0.856. The maximum absolute atomic E-state index is 12.3. The van der Waals surface area contributed by atoms with Gasteiger partial charge in [-0.05, 0) is 38.6 Å². The third kappa shape index (κ3) is 3.86.